The minimum absolute atomic E-state index is 0.0787. The number of aromatic nitrogens is 4. The molecule has 0 aliphatic carbocycles. The van der Waals surface area contributed by atoms with E-state index in [2.05, 4.69) is 20.3 Å². The molecule has 0 fully saturated rings. The van der Waals surface area contributed by atoms with E-state index in [9.17, 15) is 4.79 Å². The molecule has 0 saturated heterocycles. The number of methoxy groups -OCH3 is 1. The second-order valence-electron chi connectivity index (χ2n) is 5.00. The summed E-state index contributed by atoms with van der Waals surface area (Å²) in [5, 5.41) is 11.9. The number of hydrogen-bond donors (Lipinski definition) is 2. The van der Waals surface area contributed by atoms with Gasteiger partial charge >= 0.3 is 5.97 Å². The van der Waals surface area contributed by atoms with Crippen molar-refractivity contribution in [2.75, 3.05) is 12.4 Å². The molecule has 0 spiro atoms. The summed E-state index contributed by atoms with van der Waals surface area (Å²) in [4.78, 5) is 23.1. The van der Waals surface area contributed by atoms with E-state index < -0.39 is 5.97 Å². The molecule has 3 rings (SSSR count). The van der Waals surface area contributed by atoms with Gasteiger partial charge < -0.3 is 19.7 Å². The Kier molecular flexibility index (Phi) is 4.11. The molecule has 0 atom stereocenters. The zero-order valence-electron chi connectivity index (χ0n) is 13.1. The Balaban J connectivity index is 1.90. The van der Waals surface area contributed by atoms with E-state index in [1.165, 1.54) is 12.3 Å². The predicted molar refractivity (Wildman–Crippen MR) is 87.1 cm³/mol. The van der Waals surface area contributed by atoms with Gasteiger partial charge in [-0.05, 0) is 25.1 Å². The SMILES string of the molecule is COc1cc(Nc2nccc(C(=O)O)n2)ccc1-n1cnc(C)c1. The van der Waals surface area contributed by atoms with E-state index >= 15 is 0 Å². The number of carboxylic acids is 1. The fourth-order valence-electron chi connectivity index (χ4n) is 2.19. The average Bonchev–Trinajstić information content (AvgIpc) is 3.01. The Morgan fingerprint density at radius 2 is 2.12 bits per heavy atom. The fourth-order valence-corrected chi connectivity index (χ4v) is 2.19. The Morgan fingerprint density at radius 1 is 1.29 bits per heavy atom. The molecule has 0 aliphatic heterocycles. The Bertz CT molecular complexity index is 891. The number of carbonyl (C=O) groups is 1. The van der Waals surface area contributed by atoms with Gasteiger partial charge in [-0.25, -0.2) is 19.7 Å². The van der Waals surface area contributed by atoms with Gasteiger partial charge in [-0.3, -0.25) is 0 Å². The number of rotatable bonds is 5. The number of nitrogens with zero attached hydrogens (tertiary/aromatic N) is 4. The monoisotopic (exact) mass is 325 g/mol. The summed E-state index contributed by atoms with van der Waals surface area (Å²) in [6.45, 7) is 1.91. The lowest BCUT2D eigenvalue weighted by Gasteiger charge is -2.12. The van der Waals surface area contributed by atoms with Crippen LogP contribution in [-0.4, -0.2) is 37.7 Å². The van der Waals surface area contributed by atoms with Crippen molar-refractivity contribution in [2.24, 2.45) is 0 Å². The molecule has 2 heterocycles. The molecular formula is C16H15N5O3. The summed E-state index contributed by atoms with van der Waals surface area (Å²) in [6, 6.07) is 6.80. The number of anilines is 2. The first-order valence-electron chi connectivity index (χ1n) is 7.09. The van der Waals surface area contributed by atoms with Crippen molar-refractivity contribution < 1.29 is 14.6 Å². The van der Waals surface area contributed by atoms with Crippen LogP contribution in [0, 0.1) is 6.92 Å². The van der Waals surface area contributed by atoms with Gasteiger partial charge in [0, 0.05) is 24.1 Å². The van der Waals surface area contributed by atoms with Crippen LogP contribution in [0.5, 0.6) is 5.75 Å². The van der Waals surface area contributed by atoms with E-state index in [4.69, 9.17) is 9.84 Å². The Hall–Kier alpha value is -3.42. The third-order valence-corrected chi connectivity index (χ3v) is 3.30. The van der Waals surface area contributed by atoms with Crippen LogP contribution in [-0.2, 0) is 0 Å². The number of aromatic carboxylic acids is 1. The fraction of sp³-hybridized carbons (Fsp3) is 0.125. The number of aryl methyl sites for hydroxylation is 1. The van der Waals surface area contributed by atoms with E-state index in [1.807, 2.05) is 29.8 Å². The van der Waals surface area contributed by atoms with Crippen LogP contribution in [0.25, 0.3) is 5.69 Å². The predicted octanol–water partition coefficient (Wildman–Crippen LogP) is 2.42. The molecule has 1 aromatic carbocycles. The molecule has 24 heavy (non-hydrogen) atoms. The highest BCUT2D eigenvalue weighted by Crippen LogP contribution is 2.27. The van der Waals surface area contributed by atoms with Crippen LogP contribution in [0.15, 0.2) is 43.0 Å². The zero-order valence-corrected chi connectivity index (χ0v) is 13.1. The summed E-state index contributed by atoms with van der Waals surface area (Å²) in [5.41, 5.74) is 2.34. The van der Waals surface area contributed by atoms with Gasteiger partial charge in [0.1, 0.15) is 5.75 Å². The smallest absolute Gasteiger partial charge is 0.354 e. The molecule has 3 aromatic rings. The topological polar surface area (TPSA) is 102 Å². The third kappa shape index (κ3) is 3.17. The van der Waals surface area contributed by atoms with Gasteiger partial charge in [0.15, 0.2) is 5.69 Å². The Labute approximate surface area is 137 Å². The summed E-state index contributed by atoms with van der Waals surface area (Å²) in [6.07, 6.45) is 4.99. The van der Waals surface area contributed by atoms with Crippen molar-refractivity contribution >= 4 is 17.6 Å². The molecule has 8 heteroatoms. The molecule has 0 unspecified atom stereocenters. The van der Waals surface area contributed by atoms with E-state index in [-0.39, 0.29) is 11.6 Å². The number of hydrogen-bond acceptors (Lipinski definition) is 6. The number of imidazole rings is 1. The molecule has 0 radical (unpaired) electrons. The standard InChI is InChI=1S/C16H15N5O3/c1-10-8-21(9-18-10)13-4-3-11(7-14(13)24-2)19-16-17-6-5-12(20-16)15(22)23/h3-9H,1-2H3,(H,22,23)(H,17,19,20). The van der Waals surface area contributed by atoms with Crippen molar-refractivity contribution in [2.45, 2.75) is 6.92 Å². The maximum absolute atomic E-state index is 11.0. The molecular weight excluding hydrogens is 310 g/mol. The summed E-state index contributed by atoms with van der Waals surface area (Å²) in [7, 11) is 1.58. The van der Waals surface area contributed by atoms with Gasteiger partial charge in [-0.1, -0.05) is 0 Å². The maximum Gasteiger partial charge on any atom is 0.354 e. The minimum Gasteiger partial charge on any atom is -0.494 e. The van der Waals surface area contributed by atoms with Gasteiger partial charge in [-0.2, -0.15) is 0 Å². The van der Waals surface area contributed by atoms with Crippen LogP contribution >= 0.6 is 0 Å². The highest BCUT2D eigenvalue weighted by molar-refractivity contribution is 5.85. The molecule has 2 aromatic heterocycles. The van der Waals surface area contributed by atoms with E-state index in [1.54, 1.807) is 19.5 Å². The second-order valence-corrected chi connectivity index (χ2v) is 5.00. The third-order valence-electron chi connectivity index (χ3n) is 3.30. The Morgan fingerprint density at radius 3 is 2.79 bits per heavy atom. The average molecular weight is 325 g/mol. The molecule has 0 bridgehead atoms. The van der Waals surface area contributed by atoms with E-state index in [0.717, 1.165) is 11.4 Å². The van der Waals surface area contributed by atoms with Gasteiger partial charge in [0.2, 0.25) is 5.95 Å². The lowest BCUT2D eigenvalue weighted by atomic mass is 10.2. The number of nitrogens with one attached hydrogen (secondary N) is 1. The van der Waals surface area contributed by atoms with Gasteiger partial charge in [0.25, 0.3) is 0 Å². The van der Waals surface area contributed by atoms with Crippen molar-refractivity contribution in [3.05, 3.63) is 54.4 Å². The summed E-state index contributed by atoms with van der Waals surface area (Å²) in [5.74, 6) is -0.279. The molecule has 2 N–H and O–H groups in total. The molecule has 0 amide bonds. The summed E-state index contributed by atoms with van der Waals surface area (Å²) < 4.78 is 7.29. The number of carboxylic acid groups (broad SMARTS) is 1. The van der Waals surface area contributed by atoms with Crippen LogP contribution in [0.3, 0.4) is 0 Å². The van der Waals surface area contributed by atoms with Crippen LogP contribution in [0.2, 0.25) is 0 Å². The lowest BCUT2D eigenvalue weighted by Crippen LogP contribution is -2.05. The first-order chi connectivity index (χ1) is 11.6. The van der Waals surface area contributed by atoms with Crippen molar-refractivity contribution in [3.63, 3.8) is 0 Å². The summed E-state index contributed by atoms with van der Waals surface area (Å²) >= 11 is 0. The van der Waals surface area contributed by atoms with Gasteiger partial charge in [0.05, 0.1) is 24.8 Å². The lowest BCUT2D eigenvalue weighted by molar-refractivity contribution is 0.0690. The highest BCUT2D eigenvalue weighted by atomic mass is 16.5. The largest absolute Gasteiger partial charge is 0.494 e. The minimum atomic E-state index is -1.11. The normalized spacial score (nSPS) is 10.4. The first-order valence-corrected chi connectivity index (χ1v) is 7.09. The second kappa shape index (κ2) is 6.37. The van der Waals surface area contributed by atoms with Crippen LogP contribution < -0.4 is 10.1 Å². The number of benzene rings is 1. The van der Waals surface area contributed by atoms with Crippen molar-refractivity contribution in [3.8, 4) is 11.4 Å². The van der Waals surface area contributed by atoms with Crippen LogP contribution in [0.4, 0.5) is 11.6 Å². The quantitative estimate of drug-likeness (QED) is 0.742. The zero-order chi connectivity index (χ0) is 17.1. The highest BCUT2D eigenvalue weighted by Gasteiger charge is 2.10. The van der Waals surface area contributed by atoms with Crippen LogP contribution in [0.1, 0.15) is 16.2 Å². The molecule has 122 valence electrons. The van der Waals surface area contributed by atoms with Crippen molar-refractivity contribution in [1.82, 2.24) is 19.5 Å². The molecule has 0 aliphatic rings. The van der Waals surface area contributed by atoms with E-state index in [0.29, 0.717) is 11.4 Å². The van der Waals surface area contributed by atoms with Crippen molar-refractivity contribution in [1.29, 1.82) is 0 Å². The molecule has 0 saturated carbocycles. The first kappa shape index (κ1) is 15.5. The molecule has 8 nitrogen and oxygen atoms in total. The maximum atomic E-state index is 11.0. The number of ether oxygens (including phenoxy) is 1. The van der Waals surface area contributed by atoms with Gasteiger partial charge in [-0.15, -0.1) is 0 Å².